The van der Waals surface area contributed by atoms with Crippen LogP contribution in [0.2, 0.25) is 0 Å². The second-order valence-electron chi connectivity index (χ2n) is 6.99. The van der Waals surface area contributed by atoms with Crippen molar-refractivity contribution in [2.24, 2.45) is 0 Å². The van der Waals surface area contributed by atoms with E-state index in [2.05, 4.69) is 15.0 Å². The fraction of sp³-hybridized carbons (Fsp3) is 0.227. The predicted octanol–water partition coefficient (Wildman–Crippen LogP) is 3.79. The molecule has 0 amide bonds. The number of nitrogens with zero attached hydrogens (tertiary/aromatic N) is 3. The molecule has 4 rings (SSSR count). The van der Waals surface area contributed by atoms with Crippen molar-refractivity contribution in [3.63, 3.8) is 0 Å². The quantitative estimate of drug-likeness (QED) is 0.382. The van der Waals surface area contributed by atoms with Crippen molar-refractivity contribution in [3.05, 3.63) is 55.0 Å². The smallest absolute Gasteiger partial charge is 0.230 e. The Labute approximate surface area is 179 Å². The van der Waals surface area contributed by atoms with Crippen LogP contribution in [0.15, 0.2) is 55.0 Å². The summed E-state index contributed by atoms with van der Waals surface area (Å²) in [7, 11) is -1.50. The molecular weight excluding hydrogens is 418 g/mol. The minimum atomic E-state index is -3.03. The summed E-state index contributed by atoms with van der Waals surface area (Å²) in [6, 6.07) is 13.0. The van der Waals surface area contributed by atoms with Gasteiger partial charge in [0.15, 0.2) is 11.5 Å². The van der Waals surface area contributed by atoms with Gasteiger partial charge in [0.2, 0.25) is 5.88 Å². The third-order valence-electron chi connectivity index (χ3n) is 4.59. The summed E-state index contributed by atoms with van der Waals surface area (Å²) in [6.45, 7) is 0.244. The van der Waals surface area contributed by atoms with Crippen LogP contribution in [-0.2, 0) is 9.84 Å². The van der Waals surface area contributed by atoms with Crippen molar-refractivity contribution >= 4 is 31.6 Å². The van der Waals surface area contributed by atoms with Crippen LogP contribution in [-0.4, -0.2) is 49.1 Å². The Morgan fingerprint density at radius 3 is 2.65 bits per heavy atom. The largest absolute Gasteiger partial charge is 0.493 e. The number of fused-ring (bicyclic) bond motifs is 2. The van der Waals surface area contributed by atoms with E-state index in [4.69, 9.17) is 14.2 Å². The van der Waals surface area contributed by atoms with Crippen molar-refractivity contribution in [3.8, 4) is 23.1 Å². The van der Waals surface area contributed by atoms with E-state index in [1.807, 2.05) is 30.3 Å². The zero-order valence-corrected chi connectivity index (χ0v) is 17.9. The number of rotatable bonds is 8. The van der Waals surface area contributed by atoms with E-state index < -0.39 is 9.84 Å². The summed E-state index contributed by atoms with van der Waals surface area (Å²) in [5, 5.41) is 1.67. The van der Waals surface area contributed by atoms with Gasteiger partial charge in [-0.1, -0.05) is 6.07 Å². The molecule has 4 aromatic rings. The highest BCUT2D eigenvalue weighted by molar-refractivity contribution is 7.90. The number of aromatic nitrogens is 3. The number of hydrogen-bond acceptors (Lipinski definition) is 8. The van der Waals surface area contributed by atoms with Gasteiger partial charge in [-0.2, -0.15) is 0 Å². The van der Waals surface area contributed by atoms with Crippen LogP contribution in [0.4, 0.5) is 0 Å². The molecule has 160 valence electrons. The molecule has 0 bridgehead atoms. The monoisotopic (exact) mass is 439 g/mol. The van der Waals surface area contributed by atoms with Gasteiger partial charge < -0.3 is 14.2 Å². The van der Waals surface area contributed by atoms with Crippen molar-refractivity contribution in [2.45, 2.75) is 6.42 Å². The summed E-state index contributed by atoms with van der Waals surface area (Å²) in [6.07, 6.45) is 4.73. The topological polar surface area (TPSA) is 100 Å². The van der Waals surface area contributed by atoms with Crippen molar-refractivity contribution in [2.75, 3.05) is 25.7 Å². The van der Waals surface area contributed by atoms with Crippen molar-refractivity contribution in [1.82, 2.24) is 15.0 Å². The molecule has 0 saturated carbocycles. The van der Waals surface area contributed by atoms with E-state index in [0.29, 0.717) is 40.5 Å². The van der Waals surface area contributed by atoms with Gasteiger partial charge in [0.05, 0.1) is 35.9 Å². The summed E-state index contributed by atoms with van der Waals surface area (Å²) in [4.78, 5) is 12.9. The zero-order chi connectivity index (χ0) is 21.8. The van der Waals surface area contributed by atoms with Gasteiger partial charge in [0.25, 0.3) is 0 Å². The van der Waals surface area contributed by atoms with E-state index in [9.17, 15) is 8.42 Å². The normalized spacial score (nSPS) is 11.5. The van der Waals surface area contributed by atoms with Crippen LogP contribution in [0.1, 0.15) is 6.42 Å². The van der Waals surface area contributed by atoms with Crippen molar-refractivity contribution < 1.29 is 22.6 Å². The molecule has 0 aliphatic heterocycles. The second-order valence-corrected chi connectivity index (χ2v) is 9.25. The molecule has 0 fully saturated rings. The molecule has 2 aromatic heterocycles. The van der Waals surface area contributed by atoms with Crippen molar-refractivity contribution in [1.29, 1.82) is 0 Å². The molecule has 0 saturated heterocycles. The molecule has 0 radical (unpaired) electrons. The standard InChI is InChI=1S/C22H21N3O5S/c1-28-20-12-17-19(13-21(20)29-9-4-10-31(2,26)27)24-14-25-22(17)30-16-7-6-15-5-3-8-23-18(15)11-16/h3,5-8,11-14H,4,9-10H2,1-2H3. The first kappa shape index (κ1) is 20.8. The van der Waals surface area contributed by atoms with Gasteiger partial charge in [-0.05, 0) is 30.7 Å². The number of ether oxygens (including phenoxy) is 3. The first-order valence-electron chi connectivity index (χ1n) is 9.59. The first-order valence-corrected chi connectivity index (χ1v) is 11.6. The molecule has 0 spiro atoms. The van der Waals surface area contributed by atoms with E-state index in [0.717, 1.165) is 10.9 Å². The van der Waals surface area contributed by atoms with E-state index in [1.165, 1.54) is 19.7 Å². The fourth-order valence-electron chi connectivity index (χ4n) is 3.12. The van der Waals surface area contributed by atoms with Crippen LogP contribution < -0.4 is 14.2 Å². The number of pyridine rings is 1. The van der Waals surface area contributed by atoms with Gasteiger partial charge in [-0.3, -0.25) is 4.98 Å². The van der Waals surface area contributed by atoms with Crippen LogP contribution in [0.3, 0.4) is 0 Å². The van der Waals surface area contributed by atoms with Crippen LogP contribution in [0, 0.1) is 0 Å². The van der Waals surface area contributed by atoms with Gasteiger partial charge in [-0.15, -0.1) is 0 Å². The molecule has 8 nitrogen and oxygen atoms in total. The Balaban J connectivity index is 1.61. The lowest BCUT2D eigenvalue weighted by Crippen LogP contribution is -2.08. The van der Waals surface area contributed by atoms with Gasteiger partial charge in [0.1, 0.15) is 21.9 Å². The molecule has 0 N–H and O–H groups in total. The van der Waals surface area contributed by atoms with Gasteiger partial charge in [-0.25, -0.2) is 18.4 Å². The molecule has 0 atom stereocenters. The highest BCUT2D eigenvalue weighted by Crippen LogP contribution is 2.36. The number of sulfone groups is 1. The number of benzene rings is 2. The third kappa shape index (κ3) is 5.00. The van der Waals surface area contributed by atoms with Gasteiger partial charge >= 0.3 is 0 Å². The summed E-state index contributed by atoms with van der Waals surface area (Å²) in [5.74, 6) is 1.99. The molecule has 9 heteroatoms. The molecule has 0 aliphatic carbocycles. The Morgan fingerprint density at radius 2 is 1.84 bits per heavy atom. The first-order chi connectivity index (χ1) is 14.9. The fourth-order valence-corrected chi connectivity index (χ4v) is 3.76. The third-order valence-corrected chi connectivity index (χ3v) is 5.62. The molecule has 0 aliphatic rings. The molecular formula is C22H21N3O5S. The zero-order valence-electron chi connectivity index (χ0n) is 17.1. The lowest BCUT2D eigenvalue weighted by atomic mass is 10.2. The maximum atomic E-state index is 11.3. The maximum Gasteiger partial charge on any atom is 0.230 e. The minimum Gasteiger partial charge on any atom is -0.493 e. The average molecular weight is 439 g/mol. The Bertz CT molecular complexity index is 1340. The Morgan fingerprint density at radius 1 is 0.968 bits per heavy atom. The molecule has 31 heavy (non-hydrogen) atoms. The molecule has 2 heterocycles. The average Bonchev–Trinajstić information content (AvgIpc) is 2.75. The molecule has 2 aromatic carbocycles. The highest BCUT2D eigenvalue weighted by atomic mass is 32.2. The summed E-state index contributed by atoms with van der Waals surface area (Å²) < 4.78 is 39.8. The Hall–Kier alpha value is -3.46. The second kappa shape index (κ2) is 8.73. The number of methoxy groups -OCH3 is 1. The van der Waals surface area contributed by atoms with Gasteiger partial charge in [0, 0.05) is 30.0 Å². The van der Waals surface area contributed by atoms with E-state index in [1.54, 1.807) is 18.3 Å². The minimum absolute atomic E-state index is 0.0592. The predicted molar refractivity (Wildman–Crippen MR) is 118 cm³/mol. The lowest BCUT2D eigenvalue weighted by molar-refractivity contribution is 0.295. The van der Waals surface area contributed by atoms with E-state index >= 15 is 0 Å². The van der Waals surface area contributed by atoms with Crippen LogP contribution in [0.25, 0.3) is 21.8 Å². The van der Waals surface area contributed by atoms with E-state index in [-0.39, 0.29) is 12.4 Å². The summed E-state index contributed by atoms with van der Waals surface area (Å²) in [5.41, 5.74) is 1.43. The maximum absolute atomic E-state index is 11.3. The summed E-state index contributed by atoms with van der Waals surface area (Å²) >= 11 is 0. The Kier molecular flexibility index (Phi) is 5.85. The van der Waals surface area contributed by atoms with Crippen LogP contribution >= 0.6 is 0 Å². The SMILES string of the molecule is COc1cc2c(Oc3ccc4cccnc4c3)ncnc2cc1OCCCS(C)(=O)=O. The van der Waals surface area contributed by atoms with Crippen LogP contribution in [0.5, 0.6) is 23.1 Å². The number of hydrogen-bond donors (Lipinski definition) is 0. The molecule has 0 unspecified atom stereocenters. The highest BCUT2D eigenvalue weighted by Gasteiger charge is 2.14. The lowest BCUT2D eigenvalue weighted by Gasteiger charge is -2.13.